The summed E-state index contributed by atoms with van der Waals surface area (Å²) in [4.78, 5) is 35.4. The first-order chi connectivity index (χ1) is 18.3. The van der Waals surface area contributed by atoms with Crippen LogP contribution in [0.1, 0.15) is 48.2 Å². The fourth-order valence-electron chi connectivity index (χ4n) is 5.38. The number of carbonyl (C=O) groups is 2. The highest BCUT2D eigenvalue weighted by molar-refractivity contribution is 6.30. The zero-order valence-electron chi connectivity index (χ0n) is 21.5. The van der Waals surface area contributed by atoms with Crippen LogP contribution in [0.25, 0.3) is 0 Å². The van der Waals surface area contributed by atoms with Gasteiger partial charge in [-0.1, -0.05) is 53.6 Å². The van der Waals surface area contributed by atoms with Gasteiger partial charge in [0.2, 0.25) is 5.91 Å². The minimum Gasteiger partial charge on any atom is -0.494 e. The van der Waals surface area contributed by atoms with E-state index < -0.39 is 12.1 Å². The van der Waals surface area contributed by atoms with Crippen molar-refractivity contribution in [2.75, 3.05) is 23.9 Å². The maximum atomic E-state index is 14.2. The molecule has 2 atom stereocenters. The van der Waals surface area contributed by atoms with Crippen LogP contribution < -0.4 is 19.7 Å². The fourth-order valence-corrected chi connectivity index (χ4v) is 5.50. The van der Waals surface area contributed by atoms with Crippen LogP contribution in [0.2, 0.25) is 5.02 Å². The quantitative estimate of drug-likeness (QED) is 0.446. The average molecular weight is 531 g/mol. The molecule has 3 aliphatic rings. The molecule has 3 heterocycles. The third-order valence-corrected chi connectivity index (χ3v) is 7.26. The van der Waals surface area contributed by atoms with Crippen molar-refractivity contribution >= 4 is 40.7 Å². The van der Waals surface area contributed by atoms with Gasteiger partial charge in [-0.3, -0.25) is 19.6 Å². The highest BCUT2D eigenvalue weighted by atomic mass is 35.5. The monoisotopic (exact) mass is 530 g/mol. The largest absolute Gasteiger partial charge is 0.494 e. The van der Waals surface area contributed by atoms with E-state index in [9.17, 15) is 9.59 Å². The van der Waals surface area contributed by atoms with Gasteiger partial charge >= 0.3 is 6.03 Å². The molecule has 3 amide bonds. The van der Waals surface area contributed by atoms with Crippen LogP contribution in [0.4, 0.5) is 16.2 Å². The summed E-state index contributed by atoms with van der Waals surface area (Å²) in [5, 5.41) is 3.52. The summed E-state index contributed by atoms with van der Waals surface area (Å²) in [5.41, 5.74) is 4.61. The van der Waals surface area contributed by atoms with Gasteiger partial charge in [0, 0.05) is 11.1 Å². The van der Waals surface area contributed by atoms with Gasteiger partial charge in [-0.2, -0.15) is 0 Å². The first-order valence-corrected chi connectivity index (χ1v) is 12.9. The molecule has 38 heavy (non-hydrogen) atoms. The maximum Gasteiger partial charge on any atom is 0.331 e. The van der Waals surface area contributed by atoms with E-state index in [4.69, 9.17) is 26.1 Å². The van der Waals surface area contributed by atoms with Crippen LogP contribution in [-0.2, 0) is 4.79 Å². The summed E-state index contributed by atoms with van der Waals surface area (Å²) in [5.74, 6) is 1.16. The van der Waals surface area contributed by atoms with E-state index in [1.54, 1.807) is 11.0 Å². The number of hydrogen-bond donors (Lipinski definition) is 1. The van der Waals surface area contributed by atoms with Crippen LogP contribution in [-0.4, -0.2) is 42.4 Å². The first kappa shape index (κ1) is 24.3. The van der Waals surface area contributed by atoms with E-state index in [0.717, 1.165) is 16.7 Å². The Bertz CT molecular complexity index is 1480. The predicted molar refractivity (Wildman–Crippen MR) is 147 cm³/mol. The number of aliphatic imine (C=N–C) groups is 1. The van der Waals surface area contributed by atoms with Crippen molar-refractivity contribution in [1.82, 2.24) is 4.90 Å². The van der Waals surface area contributed by atoms with Crippen molar-refractivity contribution in [2.24, 2.45) is 4.99 Å². The number of nitrogens with one attached hydrogen (secondary N) is 1. The van der Waals surface area contributed by atoms with E-state index in [0.29, 0.717) is 39.3 Å². The lowest BCUT2D eigenvalue weighted by molar-refractivity contribution is -0.115. The molecule has 8 nitrogen and oxygen atoms in total. The second-order valence-electron chi connectivity index (χ2n) is 9.93. The Labute approximate surface area is 225 Å². The number of methoxy groups -OCH3 is 1. The SMILES string of the molecule is COc1cc(OC(C)C)c2c3c1NC(=O)CN3C(=O)N1C2=N[C@@H](c2ccc(Cl)cc2)C1c1ccc(C)cc1. The number of rotatable bonds is 5. The molecule has 194 valence electrons. The highest BCUT2D eigenvalue weighted by Crippen LogP contribution is 2.54. The number of ether oxygens (including phenoxy) is 2. The van der Waals surface area contributed by atoms with Crippen molar-refractivity contribution in [2.45, 2.75) is 39.0 Å². The molecule has 3 aromatic carbocycles. The minimum atomic E-state index is -0.435. The van der Waals surface area contributed by atoms with E-state index >= 15 is 0 Å². The Hall–Kier alpha value is -4.04. The lowest BCUT2D eigenvalue weighted by atomic mass is 9.92. The molecule has 1 unspecified atom stereocenters. The molecule has 0 saturated carbocycles. The molecule has 6 rings (SSSR count). The Morgan fingerprint density at radius 1 is 1.03 bits per heavy atom. The molecule has 0 aliphatic carbocycles. The minimum absolute atomic E-state index is 0.122. The molecular weight excluding hydrogens is 504 g/mol. The third-order valence-electron chi connectivity index (χ3n) is 7.01. The van der Waals surface area contributed by atoms with Gasteiger partial charge in [-0.15, -0.1) is 0 Å². The summed E-state index contributed by atoms with van der Waals surface area (Å²) >= 11 is 6.20. The molecule has 0 radical (unpaired) electrons. The lowest BCUT2D eigenvalue weighted by Gasteiger charge is -2.42. The Morgan fingerprint density at radius 2 is 1.71 bits per heavy atom. The number of aryl methyl sites for hydroxylation is 1. The summed E-state index contributed by atoms with van der Waals surface area (Å²) in [6.45, 7) is 5.78. The average Bonchev–Trinajstić information content (AvgIpc) is 3.28. The Balaban J connectivity index is 1.63. The van der Waals surface area contributed by atoms with Crippen LogP contribution in [0.5, 0.6) is 11.5 Å². The maximum absolute atomic E-state index is 14.2. The predicted octanol–water partition coefficient (Wildman–Crippen LogP) is 5.88. The van der Waals surface area contributed by atoms with E-state index in [1.165, 1.54) is 12.0 Å². The molecule has 3 aromatic rings. The second-order valence-corrected chi connectivity index (χ2v) is 10.4. The van der Waals surface area contributed by atoms with Crippen molar-refractivity contribution in [1.29, 1.82) is 0 Å². The van der Waals surface area contributed by atoms with Gasteiger partial charge in [0.1, 0.15) is 35.6 Å². The number of amidine groups is 1. The van der Waals surface area contributed by atoms with Crippen molar-refractivity contribution in [3.05, 3.63) is 81.9 Å². The summed E-state index contributed by atoms with van der Waals surface area (Å²) in [6, 6.07) is 16.2. The standard InChI is InChI=1S/C29H27ClN4O4/c1-15(2)38-20-13-21(37-4)25-27-23(20)28-32-24(17-9-11-19(30)12-10-17)26(18-7-5-16(3)6-8-18)34(28)29(36)33(27)14-22(35)31-25/h5-13,15,24,26H,14H2,1-4H3,(H,31,35)/t24-,26?/m0/s1. The Morgan fingerprint density at radius 3 is 2.37 bits per heavy atom. The van der Waals surface area contributed by atoms with Gasteiger partial charge < -0.3 is 14.8 Å². The van der Waals surface area contributed by atoms with Crippen LogP contribution in [0.3, 0.4) is 0 Å². The van der Waals surface area contributed by atoms with Crippen LogP contribution in [0, 0.1) is 6.92 Å². The number of amides is 3. The van der Waals surface area contributed by atoms with Gasteiger partial charge in [-0.05, 0) is 44.0 Å². The van der Waals surface area contributed by atoms with E-state index in [2.05, 4.69) is 5.32 Å². The van der Waals surface area contributed by atoms with Crippen molar-refractivity contribution in [3.63, 3.8) is 0 Å². The van der Waals surface area contributed by atoms with E-state index in [1.807, 2.05) is 69.3 Å². The number of benzene rings is 3. The van der Waals surface area contributed by atoms with Crippen LogP contribution in [0.15, 0.2) is 59.6 Å². The van der Waals surface area contributed by atoms with Crippen molar-refractivity contribution in [3.8, 4) is 11.5 Å². The zero-order chi connectivity index (χ0) is 26.7. The normalized spacial score (nSPS) is 19.7. The fraction of sp³-hybridized carbons (Fsp3) is 0.276. The summed E-state index contributed by atoms with van der Waals surface area (Å²) in [6.07, 6.45) is -0.145. The number of hydrogen-bond acceptors (Lipinski definition) is 5. The molecule has 0 bridgehead atoms. The first-order valence-electron chi connectivity index (χ1n) is 12.5. The molecule has 1 N–H and O–H groups in total. The lowest BCUT2D eigenvalue weighted by Crippen LogP contribution is -2.55. The molecule has 0 aromatic heterocycles. The number of fused-ring (bicyclic) bond motifs is 2. The molecule has 3 aliphatic heterocycles. The second kappa shape index (κ2) is 9.06. The molecule has 0 saturated heterocycles. The van der Waals surface area contributed by atoms with Gasteiger partial charge in [0.15, 0.2) is 0 Å². The molecule has 0 spiro atoms. The molecular formula is C29H27ClN4O4. The molecule has 0 fully saturated rings. The number of halogens is 1. The number of nitrogens with zero attached hydrogens (tertiary/aromatic N) is 3. The number of anilines is 2. The third kappa shape index (κ3) is 3.79. The van der Waals surface area contributed by atoms with Crippen molar-refractivity contribution < 1.29 is 19.1 Å². The Kier molecular flexibility index (Phi) is 5.79. The smallest absolute Gasteiger partial charge is 0.331 e. The topological polar surface area (TPSA) is 83.5 Å². The van der Waals surface area contributed by atoms with Gasteiger partial charge in [-0.25, -0.2) is 4.79 Å². The van der Waals surface area contributed by atoms with E-state index in [-0.39, 0.29) is 24.6 Å². The molecule has 9 heteroatoms. The van der Waals surface area contributed by atoms with Gasteiger partial charge in [0.05, 0.1) is 30.5 Å². The van der Waals surface area contributed by atoms with Crippen LogP contribution >= 0.6 is 11.6 Å². The summed E-state index contributed by atoms with van der Waals surface area (Å²) < 4.78 is 11.9. The highest BCUT2D eigenvalue weighted by Gasteiger charge is 2.51. The number of carbonyl (C=O) groups excluding carboxylic acids is 2. The van der Waals surface area contributed by atoms with Gasteiger partial charge in [0.25, 0.3) is 0 Å². The summed E-state index contributed by atoms with van der Waals surface area (Å²) in [7, 11) is 1.52. The zero-order valence-corrected chi connectivity index (χ0v) is 22.2. The number of urea groups is 1.